The summed E-state index contributed by atoms with van der Waals surface area (Å²) in [5.74, 6) is -0.130. The summed E-state index contributed by atoms with van der Waals surface area (Å²) >= 11 is 3.47. The van der Waals surface area contributed by atoms with Crippen molar-refractivity contribution in [2.24, 2.45) is 5.92 Å². The lowest BCUT2D eigenvalue weighted by atomic mass is 9.91. The van der Waals surface area contributed by atoms with Crippen LogP contribution in [0, 0.1) is 19.8 Å². The molecule has 0 saturated carbocycles. The van der Waals surface area contributed by atoms with E-state index in [1.54, 1.807) is 14.0 Å². The van der Waals surface area contributed by atoms with Crippen LogP contribution in [0.3, 0.4) is 0 Å². The van der Waals surface area contributed by atoms with Crippen LogP contribution in [-0.4, -0.2) is 25.5 Å². The number of hydrogen-bond acceptors (Lipinski definition) is 4. The first-order chi connectivity index (χ1) is 10.9. The van der Waals surface area contributed by atoms with E-state index < -0.39 is 5.92 Å². The molecule has 1 aliphatic rings. The summed E-state index contributed by atoms with van der Waals surface area (Å²) in [6, 6.07) is 3.96. The molecule has 0 saturated heterocycles. The molecule has 0 N–H and O–H groups in total. The number of benzene rings is 1. The van der Waals surface area contributed by atoms with E-state index in [-0.39, 0.29) is 18.2 Å². The molecule has 0 bridgehead atoms. The van der Waals surface area contributed by atoms with Gasteiger partial charge in [-0.2, -0.15) is 0 Å². The Hall–Kier alpha value is -1.62. The number of rotatable bonds is 5. The van der Waals surface area contributed by atoms with Crippen molar-refractivity contribution in [3.8, 4) is 0 Å². The van der Waals surface area contributed by atoms with Crippen LogP contribution >= 0.6 is 15.9 Å². The number of methoxy groups -OCH3 is 1. The predicted octanol–water partition coefficient (Wildman–Crippen LogP) is 3.97. The van der Waals surface area contributed by atoms with Crippen molar-refractivity contribution in [1.29, 1.82) is 0 Å². The highest BCUT2D eigenvalue weighted by molar-refractivity contribution is 9.10. The van der Waals surface area contributed by atoms with E-state index in [0.717, 1.165) is 21.2 Å². The maximum atomic E-state index is 12.8. The topological polar surface area (TPSA) is 52.6 Å². The number of ketones is 1. The number of Topliss-reactive ketones (excluding diaryl/α,β-unsaturated/α-hetero) is 1. The highest BCUT2D eigenvalue weighted by Gasteiger charge is 2.37. The van der Waals surface area contributed by atoms with Gasteiger partial charge < -0.3 is 9.47 Å². The van der Waals surface area contributed by atoms with Gasteiger partial charge in [-0.3, -0.25) is 9.59 Å². The van der Waals surface area contributed by atoms with E-state index in [2.05, 4.69) is 15.9 Å². The highest BCUT2D eigenvalue weighted by atomic mass is 79.9. The van der Waals surface area contributed by atoms with E-state index in [1.165, 1.54) is 0 Å². The molecule has 1 aromatic rings. The maximum Gasteiger partial charge on any atom is 0.306 e. The van der Waals surface area contributed by atoms with Crippen LogP contribution in [0.1, 0.15) is 36.5 Å². The second-order valence-electron chi connectivity index (χ2n) is 5.69. The molecule has 124 valence electrons. The van der Waals surface area contributed by atoms with Crippen LogP contribution in [0.2, 0.25) is 0 Å². The van der Waals surface area contributed by atoms with Crippen molar-refractivity contribution in [1.82, 2.24) is 0 Å². The van der Waals surface area contributed by atoms with Crippen molar-refractivity contribution in [3.63, 3.8) is 0 Å². The second-order valence-corrected chi connectivity index (χ2v) is 6.61. The number of hydrogen-bond donors (Lipinski definition) is 0. The van der Waals surface area contributed by atoms with Gasteiger partial charge in [0.15, 0.2) is 5.78 Å². The van der Waals surface area contributed by atoms with E-state index in [9.17, 15) is 9.59 Å². The zero-order valence-electron chi connectivity index (χ0n) is 13.9. The number of carbonyl (C=O) groups excluding carboxylic acids is 2. The molecule has 1 atom stereocenters. The summed E-state index contributed by atoms with van der Waals surface area (Å²) in [5.41, 5.74) is 3.52. The Bertz CT molecular complexity index is 653. The molecule has 23 heavy (non-hydrogen) atoms. The van der Waals surface area contributed by atoms with Crippen molar-refractivity contribution in [3.05, 3.63) is 39.1 Å². The minimum absolute atomic E-state index is 0.0385. The predicted molar refractivity (Wildman–Crippen MR) is 91.9 cm³/mol. The van der Waals surface area contributed by atoms with Crippen LogP contribution < -0.4 is 0 Å². The van der Waals surface area contributed by atoms with Gasteiger partial charge in [0.05, 0.1) is 25.7 Å². The van der Waals surface area contributed by atoms with Crippen LogP contribution in [0.5, 0.6) is 0 Å². The van der Waals surface area contributed by atoms with Gasteiger partial charge in [-0.05, 0) is 49.6 Å². The molecule has 2 rings (SSSR count). The second kappa shape index (κ2) is 7.30. The largest absolute Gasteiger partial charge is 0.500 e. The normalized spacial score (nSPS) is 17.6. The molecule has 0 radical (unpaired) electrons. The van der Waals surface area contributed by atoms with Gasteiger partial charge >= 0.3 is 5.97 Å². The molecule has 1 aliphatic carbocycles. The lowest BCUT2D eigenvalue weighted by molar-refractivity contribution is -0.145. The summed E-state index contributed by atoms with van der Waals surface area (Å²) in [6.07, 6.45) is 0.538. The molecular weight excluding hydrogens is 360 g/mol. The Morgan fingerprint density at radius 2 is 1.91 bits per heavy atom. The SMILES string of the molecule is CCOC(=O)CC1CC(OC)=C(c2c(C)cc(Br)cc2C)C1=O. The van der Waals surface area contributed by atoms with Gasteiger partial charge in [0, 0.05) is 16.8 Å². The molecule has 0 amide bonds. The summed E-state index contributed by atoms with van der Waals surface area (Å²) < 4.78 is 11.4. The number of carbonyl (C=O) groups is 2. The third-order valence-corrected chi connectivity index (χ3v) is 4.50. The standard InChI is InChI=1S/C18H21BrO4/c1-5-23-15(20)9-12-8-14(22-4)17(18(12)21)16-10(2)6-13(19)7-11(16)3/h6-7,12H,5,8-9H2,1-4H3. The molecule has 0 heterocycles. The van der Waals surface area contributed by atoms with Gasteiger partial charge in [-0.1, -0.05) is 15.9 Å². The number of ether oxygens (including phenoxy) is 2. The van der Waals surface area contributed by atoms with Crippen LogP contribution in [0.25, 0.3) is 5.57 Å². The molecule has 0 aliphatic heterocycles. The van der Waals surface area contributed by atoms with Crippen LogP contribution in [0.4, 0.5) is 0 Å². The Balaban J connectivity index is 2.38. The highest BCUT2D eigenvalue weighted by Crippen LogP contribution is 2.40. The third kappa shape index (κ3) is 3.66. The number of esters is 1. The molecule has 0 spiro atoms. The fraction of sp³-hybridized carbons (Fsp3) is 0.444. The summed E-state index contributed by atoms with van der Waals surface area (Å²) in [7, 11) is 1.57. The average molecular weight is 381 g/mol. The monoisotopic (exact) mass is 380 g/mol. The molecule has 5 heteroatoms. The van der Waals surface area contributed by atoms with Gasteiger partial charge in [0.25, 0.3) is 0 Å². The fourth-order valence-electron chi connectivity index (χ4n) is 3.10. The number of aryl methyl sites for hydroxylation is 2. The van der Waals surface area contributed by atoms with E-state index in [4.69, 9.17) is 9.47 Å². The lowest BCUT2D eigenvalue weighted by Crippen LogP contribution is -2.17. The molecule has 4 nitrogen and oxygen atoms in total. The lowest BCUT2D eigenvalue weighted by Gasteiger charge is -2.13. The van der Waals surface area contributed by atoms with Crippen molar-refractivity contribution >= 4 is 33.3 Å². The minimum Gasteiger partial charge on any atom is -0.500 e. The van der Waals surface area contributed by atoms with Gasteiger partial charge in [-0.15, -0.1) is 0 Å². The van der Waals surface area contributed by atoms with Gasteiger partial charge in [-0.25, -0.2) is 0 Å². The van der Waals surface area contributed by atoms with Gasteiger partial charge in [0.1, 0.15) is 5.76 Å². The van der Waals surface area contributed by atoms with Crippen molar-refractivity contribution in [2.75, 3.05) is 13.7 Å². The zero-order chi connectivity index (χ0) is 17.1. The smallest absolute Gasteiger partial charge is 0.306 e. The first kappa shape index (κ1) is 17.7. The number of halogens is 1. The molecular formula is C18H21BrO4. The molecule has 1 unspecified atom stereocenters. The molecule has 0 fully saturated rings. The Kier molecular flexibility index (Phi) is 5.63. The molecule has 1 aromatic carbocycles. The average Bonchev–Trinajstić information content (AvgIpc) is 2.75. The third-order valence-electron chi connectivity index (χ3n) is 4.04. The van der Waals surface area contributed by atoms with Gasteiger partial charge in [0.2, 0.25) is 0 Å². The first-order valence-electron chi connectivity index (χ1n) is 7.63. The maximum absolute atomic E-state index is 12.8. The summed E-state index contributed by atoms with van der Waals surface area (Å²) in [5, 5.41) is 0. The quantitative estimate of drug-likeness (QED) is 0.725. The van der Waals surface area contributed by atoms with E-state index in [0.29, 0.717) is 24.4 Å². The van der Waals surface area contributed by atoms with Crippen molar-refractivity contribution < 1.29 is 19.1 Å². The fourth-order valence-corrected chi connectivity index (χ4v) is 3.79. The Morgan fingerprint density at radius 1 is 1.30 bits per heavy atom. The zero-order valence-corrected chi connectivity index (χ0v) is 15.5. The first-order valence-corrected chi connectivity index (χ1v) is 8.42. The minimum atomic E-state index is -0.401. The van der Waals surface area contributed by atoms with Crippen LogP contribution in [0.15, 0.2) is 22.4 Å². The summed E-state index contributed by atoms with van der Waals surface area (Å²) in [4.78, 5) is 24.6. The van der Waals surface area contributed by atoms with Crippen LogP contribution in [-0.2, 0) is 19.1 Å². The Morgan fingerprint density at radius 3 is 2.43 bits per heavy atom. The van der Waals surface area contributed by atoms with E-state index >= 15 is 0 Å². The Labute approximate surface area is 145 Å². The molecule has 0 aromatic heterocycles. The van der Waals surface area contributed by atoms with E-state index in [1.807, 2.05) is 26.0 Å². The van der Waals surface area contributed by atoms with Crippen molar-refractivity contribution in [2.45, 2.75) is 33.6 Å². The number of allylic oxidation sites excluding steroid dienone is 2. The summed E-state index contributed by atoms with van der Waals surface area (Å²) in [6.45, 7) is 6.02.